The highest BCUT2D eigenvalue weighted by Crippen LogP contribution is 2.23. The molecule has 0 amide bonds. The number of anilines is 1. The van der Waals surface area contributed by atoms with Crippen LogP contribution in [-0.4, -0.2) is 52.5 Å². The molecule has 0 spiro atoms. The van der Waals surface area contributed by atoms with Crippen LogP contribution in [0.3, 0.4) is 0 Å². The first-order chi connectivity index (χ1) is 10.2. The number of pyridine rings is 1. The lowest BCUT2D eigenvalue weighted by atomic mass is 10.1. The molecule has 0 saturated carbocycles. The molecule has 112 valence electrons. The zero-order chi connectivity index (χ0) is 15.2. The normalized spacial score (nSPS) is 11.8. The van der Waals surface area contributed by atoms with Gasteiger partial charge in [-0.1, -0.05) is 23.4 Å². The first-order valence-electron chi connectivity index (χ1n) is 6.55. The monoisotopic (exact) mass is 290 g/mol. The van der Waals surface area contributed by atoms with E-state index in [1.165, 1.54) is 0 Å². The van der Waals surface area contributed by atoms with E-state index in [2.05, 4.69) is 10.1 Å². The number of aliphatic hydroxyl groups excluding tert-OH is 2. The van der Waals surface area contributed by atoms with Crippen molar-refractivity contribution in [3.8, 4) is 0 Å². The highest BCUT2D eigenvalue weighted by atomic mass is 16.4. The van der Waals surface area contributed by atoms with E-state index in [1.54, 1.807) is 11.0 Å². The molecule has 0 atom stereocenters. The summed E-state index contributed by atoms with van der Waals surface area (Å²) < 4.78 is 0. The van der Waals surface area contributed by atoms with Crippen molar-refractivity contribution in [1.82, 2.24) is 4.98 Å². The zero-order valence-electron chi connectivity index (χ0n) is 11.5. The summed E-state index contributed by atoms with van der Waals surface area (Å²) in [6, 6.07) is 9.24. The van der Waals surface area contributed by atoms with Crippen molar-refractivity contribution >= 4 is 22.6 Å². The fraction of sp³-hybridized carbons (Fsp3) is 0.286. The Hall–Kier alpha value is -2.38. The second kappa shape index (κ2) is 6.87. The third-order valence-electron chi connectivity index (χ3n) is 3.13. The first-order valence-corrected chi connectivity index (χ1v) is 6.55. The smallest absolute Gasteiger partial charge is 0.173 e. The van der Waals surface area contributed by atoms with Crippen molar-refractivity contribution in [2.45, 2.75) is 0 Å². The number of rotatable bonds is 6. The molecule has 1 heterocycles. The summed E-state index contributed by atoms with van der Waals surface area (Å²) in [7, 11) is 0. The molecule has 21 heavy (non-hydrogen) atoms. The van der Waals surface area contributed by atoms with Crippen LogP contribution in [0.2, 0.25) is 0 Å². The second-order valence-electron chi connectivity index (χ2n) is 4.47. The van der Waals surface area contributed by atoms with Crippen molar-refractivity contribution < 1.29 is 15.4 Å². The van der Waals surface area contributed by atoms with Gasteiger partial charge in [0.15, 0.2) is 5.84 Å². The quantitative estimate of drug-likeness (QED) is 0.260. The van der Waals surface area contributed by atoms with Crippen LogP contribution in [0, 0.1) is 0 Å². The molecule has 0 saturated heterocycles. The molecular weight excluding hydrogens is 272 g/mol. The van der Waals surface area contributed by atoms with Crippen LogP contribution in [-0.2, 0) is 0 Å². The van der Waals surface area contributed by atoms with Crippen LogP contribution in [0.1, 0.15) is 5.56 Å². The van der Waals surface area contributed by atoms with Gasteiger partial charge in [0, 0.05) is 18.5 Å². The maximum absolute atomic E-state index is 9.16. The van der Waals surface area contributed by atoms with E-state index in [9.17, 15) is 0 Å². The summed E-state index contributed by atoms with van der Waals surface area (Å²) in [5.74, 6) is 0.399. The number of aliphatic hydroxyl groups is 2. The van der Waals surface area contributed by atoms with Gasteiger partial charge in [-0.15, -0.1) is 0 Å². The van der Waals surface area contributed by atoms with E-state index in [0.29, 0.717) is 11.4 Å². The third-order valence-corrected chi connectivity index (χ3v) is 3.13. The molecule has 0 bridgehead atoms. The molecule has 7 heteroatoms. The molecule has 7 nitrogen and oxygen atoms in total. The summed E-state index contributed by atoms with van der Waals surface area (Å²) in [4.78, 5) is 6.21. The van der Waals surface area contributed by atoms with Crippen molar-refractivity contribution in [3.05, 3.63) is 35.9 Å². The van der Waals surface area contributed by atoms with Gasteiger partial charge < -0.3 is 26.1 Å². The molecule has 0 aliphatic rings. The highest BCUT2D eigenvalue weighted by molar-refractivity contribution is 6.04. The molecule has 2 rings (SSSR count). The Kier molecular flexibility index (Phi) is 4.91. The van der Waals surface area contributed by atoms with Gasteiger partial charge in [0.05, 0.1) is 24.3 Å². The SMILES string of the molecule is NC(=NO)c1cc2ccccc2nc1N(CCO)CCO. The molecular formula is C14H18N4O3. The molecule has 1 aromatic heterocycles. The number of nitrogens with zero attached hydrogens (tertiary/aromatic N) is 3. The van der Waals surface area contributed by atoms with E-state index in [4.69, 9.17) is 21.2 Å². The van der Waals surface area contributed by atoms with Crippen molar-refractivity contribution in [2.75, 3.05) is 31.2 Å². The molecule has 0 radical (unpaired) electrons. The van der Waals surface area contributed by atoms with Crippen LogP contribution in [0.5, 0.6) is 0 Å². The van der Waals surface area contributed by atoms with E-state index in [-0.39, 0.29) is 32.1 Å². The number of fused-ring (bicyclic) bond motifs is 1. The molecule has 2 aromatic rings. The number of oxime groups is 1. The summed E-state index contributed by atoms with van der Waals surface area (Å²) in [6.07, 6.45) is 0. The lowest BCUT2D eigenvalue weighted by molar-refractivity contribution is 0.280. The Labute approximate surface area is 121 Å². The van der Waals surface area contributed by atoms with Gasteiger partial charge in [0.2, 0.25) is 0 Å². The minimum absolute atomic E-state index is 0.0656. The summed E-state index contributed by atoms with van der Waals surface area (Å²) in [5.41, 5.74) is 6.93. The largest absolute Gasteiger partial charge is 0.409 e. The summed E-state index contributed by atoms with van der Waals surface area (Å²) >= 11 is 0. The Morgan fingerprint density at radius 1 is 1.19 bits per heavy atom. The molecule has 0 unspecified atom stereocenters. The molecule has 0 fully saturated rings. The fourth-order valence-electron chi connectivity index (χ4n) is 2.15. The standard InChI is InChI=1S/C14H18N4O3/c15-13(17-21)11-9-10-3-1-2-4-12(10)16-14(11)18(5-7-19)6-8-20/h1-4,9,19-21H,5-8H2,(H2,15,17). The van der Waals surface area contributed by atoms with Crippen molar-refractivity contribution in [1.29, 1.82) is 0 Å². The van der Waals surface area contributed by atoms with Gasteiger partial charge in [0.25, 0.3) is 0 Å². The molecule has 1 aromatic carbocycles. The van der Waals surface area contributed by atoms with Crippen LogP contribution in [0.15, 0.2) is 35.5 Å². The number of nitrogens with two attached hydrogens (primary N) is 1. The average molecular weight is 290 g/mol. The van der Waals surface area contributed by atoms with E-state index in [1.807, 2.05) is 24.3 Å². The van der Waals surface area contributed by atoms with Gasteiger partial charge in [-0.25, -0.2) is 4.98 Å². The maximum Gasteiger partial charge on any atom is 0.173 e. The fourth-order valence-corrected chi connectivity index (χ4v) is 2.15. The lowest BCUT2D eigenvalue weighted by Crippen LogP contribution is -2.33. The van der Waals surface area contributed by atoms with Gasteiger partial charge in [-0.2, -0.15) is 0 Å². The number of aromatic nitrogens is 1. The topological polar surface area (TPSA) is 115 Å². The maximum atomic E-state index is 9.16. The van der Waals surface area contributed by atoms with Gasteiger partial charge in [-0.3, -0.25) is 0 Å². The predicted molar refractivity (Wildman–Crippen MR) is 80.6 cm³/mol. The Morgan fingerprint density at radius 3 is 2.48 bits per heavy atom. The van der Waals surface area contributed by atoms with Crippen molar-refractivity contribution in [2.24, 2.45) is 10.9 Å². The summed E-state index contributed by atoms with van der Waals surface area (Å²) in [5, 5.41) is 31.2. The molecule has 0 aliphatic carbocycles. The number of hydrogen-bond acceptors (Lipinski definition) is 6. The number of benzene rings is 1. The third kappa shape index (κ3) is 3.21. The van der Waals surface area contributed by atoms with Gasteiger partial charge in [-0.05, 0) is 12.1 Å². The van der Waals surface area contributed by atoms with Gasteiger partial charge in [0.1, 0.15) is 5.82 Å². The van der Waals surface area contributed by atoms with Crippen LogP contribution in [0.4, 0.5) is 5.82 Å². The van der Waals surface area contributed by atoms with Crippen LogP contribution < -0.4 is 10.6 Å². The predicted octanol–water partition coefficient (Wildman–Crippen LogP) is 0.120. The Morgan fingerprint density at radius 2 is 1.86 bits per heavy atom. The Bertz CT molecular complexity index is 639. The average Bonchev–Trinajstić information content (AvgIpc) is 2.52. The van der Waals surface area contributed by atoms with Crippen LogP contribution in [0.25, 0.3) is 10.9 Å². The van der Waals surface area contributed by atoms with E-state index in [0.717, 1.165) is 10.9 Å². The highest BCUT2D eigenvalue weighted by Gasteiger charge is 2.16. The number of amidine groups is 1. The lowest BCUT2D eigenvalue weighted by Gasteiger charge is -2.24. The number of para-hydroxylation sites is 1. The Balaban J connectivity index is 2.62. The zero-order valence-corrected chi connectivity index (χ0v) is 11.5. The summed E-state index contributed by atoms with van der Waals surface area (Å²) in [6.45, 7) is 0.392. The first kappa shape index (κ1) is 15.0. The molecule has 5 N–H and O–H groups in total. The van der Waals surface area contributed by atoms with Crippen LogP contribution >= 0.6 is 0 Å². The minimum atomic E-state index is -0.0931. The molecule has 0 aliphatic heterocycles. The van der Waals surface area contributed by atoms with E-state index < -0.39 is 0 Å². The van der Waals surface area contributed by atoms with Gasteiger partial charge >= 0.3 is 0 Å². The minimum Gasteiger partial charge on any atom is -0.409 e. The van der Waals surface area contributed by atoms with E-state index >= 15 is 0 Å². The van der Waals surface area contributed by atoms with Crippen molar-refractivity contribution in [3.63, 3.8) is 0 Å². The number of hydrogen-bond donors (Lipinski definition) is 4. The second-order valence-corrected chi connectivity index (χ2v) is 4.47.